The van der Waals surface area contributed by atoms with E-state index in [4.69, 9.17) is 0 Å². The van der Waals surface area contributed by atoms with Crippen LogP contribution in [0.4, 0.5) is 20.2 Å². The summed E-state index contributed by atoms with van der Waals surface area (Å²) in [6, 6.07) is 17.7. The monoisotopic (exact) mass is 498 g/mol. The largest absolute Gasteiger partial charge is 0.326 e. The minimum atomic E-state index is -4.11. The average molecular weight is 499 g/mol. The van der Waals surface area contributed by atoms with Gasteiger partial charge in [-0.25, -0.2) is 17.2 Å². The highest BCUT2D eigenvalue weighted by molar-refractivity contribution is 7.92. The van der Waals surface area contributed by atoms with Crippen LogP contribution in [0.15, 0.2) is 77.7 Å². The second kappa shape index (κ2) is 10.4. The SMILES string of the molecule is O=C(CCCn1nnc(-c2ccccc2)n1)Nc1ccc(NS(=O)(=O)c2ccc(F)c(F)c2)cc1. The molecule has 4 rings (SSSR count). The van der Waals surface area contributed by atoms with Crippen LogP contribution in [0.3, 0.4) is 0 Å². The van der Waals surface area contributed by atoms with Gasteiger partial charge in [-0.2, -0.15) is 4.80 Å². The summed E-state index contributed by atoms with van der Waals surface area (Å²) in [7, 11) is -4.11. The number of carbonyl (C=O) groups is 1. The zero-order valence-corrected chi connectivity index (χ0v) is 19.0. The minimum absolute atomic E-state index is 0.194. The van der Waals surface area contributed by atoms with Gasteiger partial charge in [0.1, 0.15) is 0 Å². The van der Waals surface area contributed by atoms with Crippen molar-refractivity contribution in [2.24, 2.45) is 0 Å². The lowest BCUT2D eigenvalue weighted by molar-refractivity contribution is -0.116. The topological polar surface area (TPSA) is 119 Å². The molecule has 0 fully saturated rings. The molecule has 0 unspecified atom stereocenters. The van der Waals surface area contributed by atoms with Crippen molar-refractivity contribution in [3.8, 4) is 11.4 Å². The number of nitrogens with zero attached hydrogens (tertiary/aromatic N) is 4. The summed E-state index contributed by atoms with van der Waals surface area (Å²) < 4.78 is 53.4. The Labute approximate surface area is 199 Å². The Balaban J connectivity index is 1.26. The lowest BCUT2D eigenvalue weighted by atomic mass is 10.2. The molecule has 0 aliphatic carbocycles. The molecule has 0 radical (unpaired) electrons. The summed E-state index contributed by atoms with van der Waals surface area (Å²) >= 11 is 0. The predicted octanol–water partition coefficient (Wildman–Crippen LogP) is 3.84. The number of rotatable bonds is 9. The summed E-state index contributed by atoms with van der Waals surface area (Å²) in [5.74, 6) is -2.13. The molecule has 4 aromatic rings. The fraction of sp³-hybridized carbons (Fsp3) is 0.130. The first-order chi connectivity index (χ1) is 16.8. The fourth-order valence-electron chi connectivity index (χ4n) is 3.12. The van der Waals surface area contributed by atoms with Gasteiger partial charge in [0.15, 0.2) is 11.6 Å². The molecule has 0 bridgehead atoms. The fourth-order valence-corrected chi connectivity index (χ4v) is 4.20. The maximum absolute atomic E-state index is 13.4. The molecule has 0 saturated heterocycles. The van der Waals surface area contributed by atoms with Crippen LogP contribution in [0, 0.1) is 11.6 Å². The standard InChI is InChI=1S/C23H20F2N6O3S/c24-20-13-12-19(15-21(20)25)35(33,34)29-18-10-8-17(9-11-18)26-22(32)7-4-14-31-28-23(27-30-31)16-5-2-1-3-6-16/h1-3,5-6,8-13,15,29H,4,7,14H2,(H,26,32). The Morgan fingerprint density at radius 2 is 1.63 bits per heavy atom. The minimum Gasteiger partial charge on any atom is -0.326 e. The number of benzene rings is 3. The zero-order valence-electron chi connectivity index (χ0n) is 18.2. The summed E-state index contributed by atoms with van der Waals surface area (Å²) in [6.45, 7) is 0.415. The molecule has 0 spiro atoms. The number of aromatic nitrogens is 4. The number of hydrogen-bond acceptors (Lipinski definition) is 6. The molecule has 35 heavy (non-hydrogen) atoms. The molecule has 0 aliphatic heterocycles. The first-order valence-electron chi connectivity index (χ1n) is 10.5. The Morgan fingerprint density at radius 1 is 0.914 bits per heavy atom. The Hall–Kier alpha value is -4.19. The number of halogens is 2. The van der Waals surface area contributed by atoms with Crippen molar-refractivity contribution in [1.29, 1.82) is 0 Å². The van der Waals surface area contributed by atoms with Gasteiger partial charge in [-0.05, 0) is 54.1 Å². The maximum Gasteiger partial charge on any atom is 0.261 e. The molecule has 9 nitrogen and oxygen atoms in total. The average Bonchev–Trinajstić information content (AvgIpc) is 3.31. The molecule has 180 valence electrons. The van der Waals surface area contributed by atoms with Crippen LogP contribution in [-0.2, 0) is 21.4 Å². The van der Waals surface area contributed by atoms with Crippen molar-refractivity contribution in [1.82, 2.24) is 20.2 Å². The van der Waals surface area contributed by atoms with Crippen molar-refractivity contribution in [2.75, 3.05) is 10.0 Å². The van der Waals surface area contributed by atoms with E-state index in [0.29, 0.717) is 30.5 Å². The number of tetrazole rings is 1. The number of carbonyl (C=O) groups excluding carboxylic acids is 1. The van der Waals surface area contributed by atoms with Crippen molar-refractivity contribution in [3.63, 3.8) is 0 Å². The molecule has 12 heteroatoms. The van der Waals surface area contributed by atoms with E-state index in [9.17, 15) is 22.0 Å². The first-order valence-corrected chi connectivity index (χ1v) is 12.0. The quantitative estimate of drug-likeness (QED) is 0.362. The molecule has 0 saturated carbocycles. The third-order valence-electron chi connectivity index (χ3n) is 4.87. The summed E-state index contributed by atoms with van der Waals surface area (Å²) in [5, 5.41) is 15.0. The van der Waals surface area contributed by atoms with Crippen LogP contribution in [0.25, 0.3) is 11.4 Å². The van der Waals surface area contributed by atoms with Gasteiger partial charge in [-0.3, -0.25) is 9.52 Å². The van der Waals surface area contributed by atoms with Crippen LogP contribution >= 0.6 is 0 Å². The summed E-state index contributed by atoms with van der Waals surface area (Å²) in [4.78, 5) is 13.3. The second-order valence-electron chi connectivity index (χ2n) is 7.49. The highest BCUT2D eigenvalue weighted by Crippen LogP contribution is 2.20. The zero-order chi connectivity index (χ0) is 24.8. The van der Waals surface area contributed by atoms with Gasteiger partial charge in [-0.1, -0.05) is 30.3 Å². The third-order valence-corrected chi connectivity index (χ3v) is 6.25. The van der Waals surface area contributed by atoms with Crippen LogP contribution in [-0.4, -0.2) is 34.5 Å². The van der Waals surface area contributed by atoms with Gasteiger partial charge in [0.2, 0.25) is 11.7 Å². The second-order valence-corrected chi connectivity index (χ2v) is 9.17. The van der Waals surface area contributed by atoms with E-state index in [0.717, 1.165) is 17.7 Å². The highest BCUT2D eigenvalue weighted by atomic mass is 32.2. The van der Waals surface area contributed by atoms with Crippen molar-refractivity contribution in [2.45, 2.75) is 24.3 Å². The first kappa shape index (κ1) is 24.0. The predicted molar refractivity (Wildman–Crippen MR) is 125 cm³/mol. The van der Waals surface area contributed by atoms with E-state index in [1.54, 1.807) is 0 Å². The van der Waals surface area contributed by atoms with Gasteiger partial charge in [0.25, 0.3) is 10.0 Å². The molecule has 3 aromatic carbocycles. The van der Waals surface area contributed by atoms with E-state index >= 15 is 0 Å². The Morgan fingerprint density at radius 3 is 2.34 bits per heavy atom. The molecular weight excluding hydrogens is 478 g/mol. The van der Waals surface area contributed by atoms with Gasteiger partial charge >= 0.3 is 0 Å². The number of amides is 1. The van der Waals surface area contributed by atoms with E-state index in [1.165, 1.54) is 29.1 Å². The number of anilines is 2. The smallest absolute Gasteiger partial charge is 0.261 e. The third kappa shape index (κ3) is 6.23. The Kier molecular flexibility index (Phi) is 7.11. The Bertz CT molecular complexity index is 1430. The van der Waals surface area contributed by atoms with Gasteiger partial charge in [0.05, 0.1) is 11.4 Å². The molecule has 1 amide bonds. The van der Waals surface area contributed by atoms with Crippen LogP contribution in [0.2, 0.25) is 0 Å². The molecule has 1 heterocycles. The van der Waals surface area contributed by atoms with Gasteiger partial charge in [-0.15, -0.1) is 10.2 Å². The molecule has 2 N–H and O–H groups in total. The summed E-state index contributed by atoms with van der Waals surface area (Å²) in [5.41, 5.74) is 1.52. The van der Waals surface area contributed by atoms with Crippen LogP contribution < -0.4 is 10.0 Å². The highest BCUT2D eigenvalue weighted by Gasteiger charge is 2.17. The molecule has 0 aliphatic rings. The van der Waals surface area contributed by atoms with E-state index in [1.807, 2.05) is 30.3 Å². The number of aryl methyl sites for hydroxylation is 1. The van der Waals surface area contributed by atoms with Crippen molar-refractivity contribution in [3.05, 3.63) is 84.4 Å². The lowest BCUT2D eigenvalue weighted by Gasteiger charge is -2.10. The van der Waals surface area contributed by atoms with Crippen LogP contribution in [0.1, 0.15) is 12.8 Å². The summed E-state index contributed by atoms with van der Waals surface area (Å²) in [6.07, 6.45) is 0.704. The number of hydrogen-bond donors (Lipinski definition) is 2. The maximum atomic E-state index is 13.4. The number of nitrogens with one attached hydrogen (secondary N) is 2. The van der Waals surface area contributed by atoms with E-state index < -0.39 is 26.6 Å². The van der Waals surface area contributed by atoms with Crippen molar-refractivity contribution < 1.29 is 22.0 Å². The normalized spacial score (nSPS) is 11.3. The van der Waals surface area contributed by atoms with Gasteiger partial charge in [0, 0.05) is 23.4 Å². The van der Waals surface area contributed by atoms with E-state index in [2.05, 4.69) is 25.4 Å². The molecule has 0 atom stereocenters. The lowest BCUT2D eigenvalue weighted by Crippen LogP contribution is -2.14. The molecule has 1 aromatic heterocycles. The van der Waals surface area contributed by atoms with Crippen LogP contribution in [0.5, 0.6) is 0 Å². The van der Waals surface area contributed by atoms with Gasteiger partial charge < -0.3 is 5.32 Å². The number of sulfonamides is 1. The van der Waals surface area contributed by atoms with Crippen molar-refractivity contribution >= 4 is 27.3 Å². The molecular formula is C23H20F2N6O3S. The van der Waals surface area contributed by atoms with E-state index in [-0.39, 0.29) is 18.0 Å².